The van der Waals surface area contributed by atoms with E-state index in [1.165, 1.54) is 11.0 Å². The number of pyridine rings is 1. The van der Waals surface area contributed by atoms with Crippen LogP contribution < -0.4 is 5.44 Å². The van der Waals surface area contributed by atoms with Crippen LogP contribution in [0.25, 0.3) is 0 Å². The van der Waals surface area contributed by atoms with Gasteiger partial charge in [-0.05, 0) is 46.2 Å². The molecule has 0 bridgehead atoms. The summed E-state index contributed by atoms with van der Waals surface area (Å²) < 4.78 is 43.1. The van der Waals surface area contributed by atoms with Gasteiger partial charge in [-0.15, -0.1) is 0 Å². The Bertz CT molecular complexity index is 710. The minimum Gasteiger partial charge on any atom is -0.444 e. The van der Waals surface area contributed by atoms with Crippen molar-refractivity contribution in [3.05, 3.63) is 23.1 Å². The molecule has 0 saturated carbocycles. The van der Waals surface area contributed by atoms with Crippen molar-refractivity contribution < 1.29 is 27.5 Å². The summed E-state index contributed by atoms with van der Waals surface area (Å²) in [5.74, 6) is -0.764. The van der Waals surface area contributed by atoms with Gasteiger partial charge in [0.25, 0.3) is 0 Å². The third-order valence-corrected chi connectivity index (χ3v) is 5.64. The van der Waals surface area contributed by atoms with Crippen LogP contribution in [0.5, 0.6) is 0 Å². The minimum atomic E-state index is -3.81. The summed E-state index contributed by atoms with van der Waals surface area (Å²) in [5, 5.41) is 0. The summed E-state index contributed by atoms with van der Waals surface area (Å²) >= 11 is 0. The Balaban J connectivity index is 2.28. The van der Waals surface area contributed by atoms with Gasteiger partial charge in [0.2, 0.25) is 0 Å². The van der Waals surface area contributed by atoms with Crippen LogP contribution in [0.15, 0.2) is 6.07 Å². The predicted octanol–water partition coefficient (Wildman–Crippen LogP) is 3.41. The summed E-state index contributed by atoms with van der Waals surface area (Å²) in [5.41, 5.74) is 0.237. The van der Waals surface area contributed by atoms with Crippen molar-refractivity contribution in [3.63, 3.8) is 0 Å². The van der Waals surface area contributed by atoms with E-state index in [9.17, 15) is 13.8 Å². The van der Waals surface area contributed by atoms with E-state index in [1.807, 2.05) is 0 Å². The first-order valence-corrected chi connectivity index (χ1v) is 10.2. The zero-order valence-electron chi connectivity index (χ0n) is 15.9. The van der Waals surface area contributed by atoms with Gasteiger partial charge in [-0.3, -0.25) is 4.57 Å². The van der Waals surface area contributed by atoms with Crippen molar-refractivity contribution in [3.8, 4) is 0 Å². The zero-order chi connectivity index (χ0) is 19.5. The van der Waals surface area contributed by atoms with E-state index in [0.29, 0.717) is 24.2 Å². The molecule has 2 rings (SSSR count). The van der Waals surface area contributed by atoms with Gasteiger partial charge in [0.1, 0.15) is 5.60 Å². The summed E-state index contributed by atoms with van der Waals surface area (Å²) in [7, 11) is -3.81. The number of hydrogen-bond donors (Lipinski definition) is 0. The van der Waals surface area contributed by atoms with Gasteiger partial charge >= 0.3 is 13.7 Å². The molecule has 0 N–H and O–H groups in total. The number of hydrogen-bond acceptors (Lipinski definition) is 6. The van der Waals surface area contributed by atoms with Crippen LogP contribution in [0.2, 0.25) is 0 Å². The van der Waals surface area contributed by atoms with Crippen LogP contribution in [0.4, 0.5) is 9.18 Å². The molecule has 0 aromatic carbocycles. The maximum absolute atomic E-state index is 14.6. The lowest BCUT2D eigenvalue weighted by atomic mass is 10.1. The van der Waals surface area contributed by atoms with Crippen molar-refractivity contribution in [1.82, 2.24) is 9.88 Å². The first-order valence-electron chi connectivity index (χ1n) is 8.65. The van der Waals surface area contributed by atoms with Gasteiger partial charge < -0.3 is 18.7 Å². The van der Waals surface area contributed by atoms with Gasteiger partial charge in [-0.2, -0.15) is 0 Å². The standard InChI is InChI=1S/C17H26FN2O5P/c1-6-23-26(22,24-7-2)15-13(18)10-12-11-20(9-8-14(12)19-15)16(21)25-17(3,4)5/h10H,6-9,11H2,1-5H3. The number of ether oxygens (including phenoxy) is 1. The van der Waals surface area contributed by atoms with E-state index >= 15 is 0 Å². The van der Waals surface area contributed by atoms with Gasteiger partial charge in [-0.1, -0.05) is 0 Å². The second-order valence-corrected chi connectivity index (χ2v) is 8.82. The summed E-state index contributed by atoms with van der Waals surface area (Å²) in [4.78, 5) is 17.9. The van der Waals surface area contributed by atoms with Crippen LogP contribution in [0.1, 0.15) is 45.9 Å². The molecular formula is C17H26FN2O5P. The molecule has 0 saturated heterocycles. The molecule has 0 aliphatic carbocycles. The maximum Gasteiger partial charge on any atom is 0.410 e. The highest BCUT2D eigenvalue weighted by molar-refractivity contribution is 7.61. The van der Waals surface area contributed by atoms with E-state index < -0.39 is 25.1 Å². The molecule has 1 aliphatic rings. The molecule has 0 atom stereocenters. The first kappa shape index (κ1) is 20.8. The van der Waals surface area contributed by atoms with Crippen LogP contribution in [-0.2, 0) is 31.3 Å². The Kier molecular flexibility index (Phi) is 6.42. The predicted molar refractivity (Wildman–Crippen MR) is 95.0 cm³/mol. The van der Waals surface area contributed by atoms with Crippen molar-refractivity contribution in [2.75, 3.05) is 19.8 Å². The average Bonchev–Trinajstić information content (AvgIpc) is 2.52. The summed E-state index contributed by atoms with van der Waals surface area (Å²) in [6.07, 6.45) is -0.0537. The fourth-order valence-electron chi connectivity index (χ4n) is 2.61. The molecule has 1 aliphatic heterocycles. The first-order chi connectivity index (χ1) is 12.1. The minimum absolute atomic E-state index is 0.113. The van der Waals surface area contributed by atoms with Crippen molar-refractivity contribution in [1.29, 1.82) is 0 Å². The third kappa shape index (κ3) is 4.81. The molecule has 0 radical (unpaired) electrons. The molecule has 1 aromatic rings. The Labute approximate surface area is 153 Å². The highest BCUT2D eigenvalue weighted by atomic mass is 31.2. The number of amides is 1. The Hall–Kier alpha value is -1.50. The zero-order valence-corrected chi connectivity index (χ0v) is 16.8. The fourth-order valence-corrected chi connectivity index (χ4v) is 4.17. The van der Waals surface area contributed by atoms with Crippen molar-refractivity contribution in [2.45, 2.75) is 53.2 Å². The Morgan fingerprint density at radius 1 is 1.31 bits per heavy atom. The topological polar surface area (TPSA) is 78.0 Å². The Morgan fingerprint density at radius 3 is 2.46 bits per heavy atom. The number of carbonyl (C=O) groups is 1. The second-order valence-electron chi connectivity index (χ2n) is 6.88. The van der Waals surface area contributed by atoms with Gasteiger partial charge in [0.15, 0.2) is 11.3 Å². The van der Waals surface area contributed by atoms with Crippen LogP contribution >= 0.6 is 7.60 Å². The molecule has 9 heteroatoms. The van der Waals surface area contributed by atoms with Crippen LogP contribution in [-0.4, -0.2) is 41.3 Å². The number of fused-ring (bicyclic) bond motifs is 1. The second kappa shape index (κ2) is 8.03. The van der Waals surface area contributed by atoms with Crippen LogP contribution in [0, 0.1) is 5.82 Å². The van der Waals surface area contributed by atoms with E-state index in [2.05, 4.69) is 4.98 Å². The molecule has 1 amide bonds. The molecule has 0 spiro atoms. The number of aromatic nitrogens is 1. The number of halogens is 1. The lowest BCUT2D eigenvalue weighted by molar-refractivity contribution is 0.0222. The summed E-state index contributed by atoms with van der Waals surface area (Å²) in [6, 6.07) is 1.25. The van der Waals surface area contributed by atoms with Gasteiger partial charge in [-0.25, -0.2) is 14.2 Å². The molecule has 0 unspecified atom stereocenters. The Morgan fingerprint density at radius 2 is 1.92 bits per heavy atom. The monoisotopic (exact) mass is 388 g/mol. The molecule has 1 aromatic heterocycles. The molecule has 7 nitrogen and oxygen atoms in total. The van der Waals surface area contributed by atoms with E-state index in [4.69, 9.17) is 13.8 Å². The third-order valence-electron chi connectivity index (χ3n) is 3.62. The fraction of sp³-hybridized carbons (Fsp3) is 0.647. The van der Waals surface area contributed by atoms with Crippen molar-refractivity contribution in [2.24, 2.45) is 0 Å². The highest BCUT2D eigenvalue weighted by Crippen LogP contribution is 2.47. The molecular weight excluding hydrogens is 362 g/mol. The number of rotatable bonds is 5. The molecule has 146 valence electrons. The van der Waals surface area contributed by atoms with E-state index in [-0.39, 0.29) is 25.2 Å². The lowest BCUT2D eigenvalue weighted by Crippen LogP contribution is -2.40. The normalized spacial score (nSPS) is 14.9. The van der Waals surface area contributed by atoms with E-state index in [0.717, 1.165) is 0 Å². The van der Waals surface area contributed by atoms with Gasteiger partial charge in [0, 0.05) is 18.7 Å². The number of carbonyl (C=O) groups excluding carboxylic acids is 1. The number of nitrogens with zero attached hydrogens (tertiary/aromatic N) is 2. The highest BCUT2D eigenvalue weighted by Gasteiger charge is 2.35. The van der Waals surface area contributed by atoms with E-state index in [1.54, 1.807) is 34.6 Å². The maximum atomic E-state index is 14.6. The SMILES string of the molecule is CCOP(=O)(OCC)c1nc2c(cc1F)CN(C(=O)OC(C)(C)C)CC2. The summed E-state index contributed by atoms with van der Waals surface area (Å²) in [6.45, 7) is 9.46. The molecule has 26 heavy (non-hydrogen) atoms. The lowest BCUT2D eigenvalue weighted by Gasteiger charge is -2.31. The smallest absolute Gasteiger partial charge is 0.410 e. The quantitative estimate of drug-likeness (QED) is 0.720. The molecule has 2 heterocycles. The molecule has 0 fully saturated rings. The largest absolute Gasteiger partial charge is 0.444 e. The van der Waals surface area contributed by atoms with Crippen molar-refractivity contribution >= 4 is 19.1 Å². The van der Waals surface area contributed by atoms with Gasteiger partial charge in [0.05, 0.1) is 19.8 Å². The van der Waals surface area contributed by atoms with Crippen LogP contribution in [0.3, 0.4) is 0 Å². The average molecular weight is 388 g/mol.